The highest BCUT2D eigenvalue weighted by atomic mass is 16.4. The molecule has 19 heavy (non-hydrogen) atoms. The normalized spacial score (nSPS) is 10.2. The van der Waals surface area contributed by atoms with E-state index < -0.39 is 5.97 Å². The number of anilines is 1. The van der Waals surface area contributed by atoms with Crippen LogP contribution in [0.15, 0.2) is 41.0 Å². The number of carboxylic acids is 1. The zero-order valence-corrected chi connectivity index (χ0v) is 10.3. The van der Waals surface area contributed by atoms with Gasteiger partial charge in [-0.2, -0.15) is 0 Å². The highest BCUT2D eigenvalue weighted by molar-refractivity contribution is 5.94. The molecule has 5 nitrogen and oxygen atoms in total. The molecule has 0 unspecified atom stereocenters. The number of rotatable bonds is 5. The Kier molecular flexibility index (Phi) is 3.66. The fraction of sp³-hybridized carbons (Fsp3) is 0.143. The van der Waals surface area contributed by atoms with Crippen molar-refractivity contribution in [1.29, 1.82) is 0 Å². The number of benzene rings is 1. The molecule has 1 heterocycles. The van der Waals surface area contributed by atoms with Gasteiger partial charge in [-0.3, -0.25) is 4.79 Å². The van der Waals surface area contributed by atoms with Crippen LogP contribution in [0.2, 0.25) is 0 Å². The smallest absolute Gasteiger partial charge is 0.372 e. The number of carbonyl (C=O) groups excluding carboxylic acids is 1. The molecule has 1 aromatic heterocycles. The van der Waals surface area contributed by atoms with Crippen LogP contribution in [0.5, 0.6) is 0 Å². The maximum absolute atomic E-state index is 11.3. The first-order valence-corrected chi connectivity index (χ1v) is 5.72. The lowest BCUT2D eigenvalue weighted by molar-refractivity contribution is 0.0660. The highest BCUT2D eigenvalue weighted by Gasteiger charge is 2.13. The van der Waals surface area contributed by atoms with E-state index in [2.05, 4.69) is 5.32 Å². The molecule has 0 aliphatic heterocycles. The monoisotopic (exact) mass is 259 g/mol. The fourth-order valence-corrected chi connectivity index (χ4v) is 1.71. The molecule has 2 N–H and O–H groups in total. The van der Waals surface area contributed by atoms with Crippen molar-refractivity contribution in [2.75, 3.05) is 5.32 Å². The molecule has 0 fully saturated rings. The van der Waals surface area contributed by atoms with Gasteiger partial charge in [-0.15, -0.1) is 0 Å². The summed E-state index contributed by atoms with van der Waals surface area (Å²) in [6.07, 6.45) is 1.34. The third-order valence-corrected chi connectivity index (χ3v) is 2.69. The standard InChI is InChI=1S/C14H13NO4/c1-9(16)10-3-2-4-12(7-10)15-8-11-5-6-19-13(11)14(17)18/h2-7,15H,8H2,1H3,(H,17,18). The number of furan rings is 1. The summed E-state index contributed by atoms with van der Waals surface area (Å²) in [7, 11) is 0. The van der Waals surface area contributed by atoms with E-state index in [-0.39, 0.29) is 11.5 Å². The molecule has 0 radical (unpaired) electrons. The molecule has 0 saturated carbocycles. The Hall–Kier alpha value is -2.56. The first kappa shape index (κ1) is 12.9. The predicted octanol–water partition coefficient (Wildman–Crippen LogP) is 2.79. The quantitative estimate of drug-likeness (QED) is 0.807. The van der Waals surface area contributed by atoms with Gasteiger partial charge >= 0.3 is 5.97 Å². The van der Waals surface area contributed by atoms with Crippen molar-refractivity contribution < 1.29 is 19.1 Å². The molecule has 5 heteroatoms. The van der Waals surface area contributed by atoms with Crippen LogP contribution in [-0.4, -0.2) is 16.9 Å². The van der Waals surface area contributed by atoms with Gasteiger partial charge in [-0.25, -0.2) is 4.79 Å². The van der Waals surface area contributed by atoms with Crippen molar-refractivity contribution in [1.82, 2.24) is 0 Å². The van der Waals surface area contributed by atoms with Gasteiger partial charge in [-0.05, 0) is 25.1 Å². The predicted molar refractivity (Wildman–Crippen MR) is 69.4 cm³/mol. The van der Waals surface area contributed by atoms with Gasteiger partial charge < -0.3 is 14.8 Å². The molecule has 0 saturated heterocycles. The van der Waals surface area contributed by atoms with E-state index >= 15 is 0 Å². The average Bonchev–Trinajstić information content (AvgIpc) is 2.85. The van der Waals surface area contributed by atoms with Crippen LogP contribution in [-0.2, 0) is 6.54 Å². The van der Waals surface area contributed by atoms with E-state index in [1.54, 1.807) is 24.3 Å². The SMILES string of the molecule is CC(=O)c1cccc(NCc2ccoc2C(=O)O)c1. The van der Waals surface area contributed by atoms with Gasteiger partial charge in [0, 0.05) is 23.4 Å². The summed E-state index contributed by atoms with van der Waals surface area (Å²) >= 11 is 0. The molecule has 1 aromatic carbocycles. The van der Waals surface area contributed by atoms with Gasteiger partial charge in [0.2, 0.25) is 5.76 Å². The molecular weight excluding hydrogens is 246 g/mol. The summed E-state index contributed by atoms with van der Waals surface area (Å²) in [5, 5.41) is 12.0. The van der Waals surface area contributed by atoms with E-state index in [0.717, 1.165) is 5.69 Å². The minimum absolute atomic E-state index is 0.0156. The van der Waals surface area contributed by atoms with Crippen molar-refractivity contribution in [3.05, 3.63) is 53.5 Å². The minimum atomic E-state index is -1.10. The first-order chi connectivity index (χ1) is 9.08. The van der Waals surface area contributed by atoms with Gasteiger partial charge in [0.1, 0.15) is 0 Å². The van der Waals surface area contributed by atoms with E-state index in [1.165, 1.54) is 13.2 Å². The number of nitrogens with one attached hydrogen (secondary N) is 1. The molecule has 0 aliphatic carbocycles. The average molecular weight is 259 g/mol. The molecule has 2 aromatic rings. The Morgan fingerprint density at radius 1 is 1.32 bits per heavy atom. The summed E-state index contributed by atoms with van der Waals surface area (Å²) < 4.78 is 4.88. The van der Waals surface area contributed by atoms with Gasteiger partial charge in [-0.1, -0.05) is 12.1 Å². The molecule has 98 valence electrons. The molecule has 0 bridgehead atoms. The van der Waals surface area contributed by atoms with Crippen LogP contribution >= 0.6 is 0 Å². The molecule has 0 amide bonds. The second kappa shape index (κ2) is 5.39. The van der Waals surface area contributed by atoms with Crippen molar-refractivity contribution in [2.24, 2.45) is 0 Å². The molecule has 0 aliphatic rings. The zero-order chi connectivity index (χ0) is 13.8. The minimum Gasteiger partial charge on any atom is -0.475 e. The molecule has 2 rings (SSSR count). The number of hydrogen-bond donors (Lipinski definition) is 2. The summed E-state index contributed by atoms with van der Waals surface area (Å²) in [5.74, 6) is -1.19. The van der Waals surface area contributed by atoms with Gasteiger partial charge in [0.25, 0.3) is 0 Å². The van der Waals surface area contributed by atoms with Crippen LogP contribution in [0.4, 0.5) is 5.69 Å². The lowest BCUT2D eigenvalue weighted by atomic mass is 10.1. The number of hydrogen-bond acceptors (Lipinski definition) is 4. The second-order valence-corrected chi connectivity index (χ2v) is 4.07. The molecule has 0 atom stereocenters. The maximum atomic E-state index is 11.3. The lowest BCUT2D eigenvalue weighted by Gasteiger charge is -2.06. The van der Waals surface area contributed by atoms with Gasteiger partial charge in [0.15, 0.2) is 5.78 Å². The van der Waals surface area contributed by atoms with E-state index in [1.807, 2.05) is 6.07 Å². The summed E-state index contributed by atoms with van der Waals surface area (Å²) in [5.41, 5.74) is 1.92. The maximum Gasteiger partial charge on any atom is 0.372 e. The molecular formula is C14H13NO4. The van der Waals surface area contributed by atoms with Crippen LogP contribution in [0.25, 0.3) is 0 Å². The topological polar surface area (TPSA) is 79.5 Å². The summed E-state index contributed by atoms with van der Waals surface area (Å²) in [4.78, 5) is 22.1. The third kappa shape index (κ3) is 3.01. The van der Waals surface area contributed by atoms with Gasteiger partial charge in [0.05, 0.1) is 6.26 Å². The summed E-state index contributed by atoms with van der Waals surface area (Å²) in [6.45, 7) is 1.82. The van der Waals surface area contributed by atoms with Crippen LogP contribution < -0.4 is 5.32 Å². The first-order valence-electron chi connectivity index (χ1n) is 5.72. The van der Waals surface area contributed by atoms with E-state index in [9.17, 15) is 9.59 Å². The number of aromatic carboxylic acids is 1. The third-order valence-electron chi connectivity index (χ3n) is 2.69. The van der Waals surface area contributed by atoms with E-state index in [4.69, 9.17) is 9.52 Å². The Morgan fingerprint density at radius 2 is 2.11 bits per heavy atom. The van der Waals surface area contributed by atoms with Crippen molar-refractivity contribution in [3.63, 3.8) is 0 Å². The number of ketones is 1. The van der Waals surface area contributed by atoms with Crippen LogP contribution in [0, 0.1) is 0 Å². The van der Waals surface area contributed by atoms with Crippen LogP contribution in [0.3, 0.4) is 0 Å². The number of carbonyl (C=O) groups is 2. The van der Waals surface area contributed by atoms with Crippen molar-refractivity contribution >= 4 is 17.4 Å². The Bertz CT molecular complexity index is 615. The number of Topliss-reactive ketones (excluding diaryl/α,β-unsaturated/α-hetero) is 1. The second-order valence-electron chi connectivity index (χ2n) is 4.07. The molecule has 0 spiro atoms. The zero-order valence-electron chi connectivity index (χ0n) is 10.3. The Balaban J connectivity index is 2.10. The Labute approximate surface area is 109 Å². The van der Waals surface area contributed by atoms with E-state index in [0.29, 0.717) is 17.7 Å². The van der Waals surface area contributed by atoms with Crippen LogP contribution in [0.1, 0.15) is 33.4 Å². The van der Waals surface area contributed by atoms with Crippen molar-refractivity contribution in [3.8, 4) is 0 Å². The van der Waals surface area contributed by atoms with Crippen molar-refractivity contribution in [2.45, 2.75) is 13.5 Å². The Morgan fingerprint density at radius 3 is 2.79 bits per heavy atom. The number of carboxylic acid groups (broad SMARTS) is 1. The fourth-order valence-electron chi connectivity index (χ4n) is 1.71. The summed E-state index contributed by atoms with van der Waals surface area (Å²) in [6, 6.07) is 8.64. The highest BCUT2D eigenvalue weighted by Crippen LogP contribution is 2.15. The lowest BCUT2D eigenvalue weighted by Crippen LogP contribution is -2.05. The largest absolute Gasteiger partial charge is 0.475 e.